The second-order valence-electron chi connectivity index (χ2n) is 3.73. The Bertz CT molecular complexity index is 359. The summed E-state index contributed by atoms with van der Waals surface area (Å²) in [6.45, 7) is 1.64. The minimum absolute atomic E-state index is 0.0191. The lowest BCUT2D eigenvalue weighted by atomic mass is 10.1. The van der Waals surface area contributed by atoms with Crippen LogP contribution < -0.4 is 10.6 Å². The summed E-state index contributed by atoms with van der Waals surface area (Å²) in [5.41, 5.74) is 0.645. The predicted molar refractivity (Wildman–Crippen MR) is 57.7 cm³/mol. The Balaban J connectivity index is 1.99. The highest BCUT2D eigenvalue weighted by atomic mass is 16.3. The molecule has 0 unspecified atom stereocenters. The Morgan fingerprint density at radius 2 is 2.40 bits per heavy atom. The van der Waals surface area contributed by atoms with E-state index in [4.69, 9.17) is 0 Å². The fourth-order valence-electron chi connectivity index (χ4n) is 1.71. The highest BCUT2D eigenvalue weighted by Crippen LogP contribution is 2.17. The second-order valence-corrected chi connectivity index (χ2v) is 3.73. The number of anilines is 1. The average molecular weight is 206 g/mol. The number of amides is 1. The molecular weight excluding hydrogens is 192 g/mol. The summed E-state index contributed by atoms with van der Waals surface area (Å²) < 4.78 is 0. The fourth-order valence-corrected chi connectivity index (χ4v) is 1.71. The summed E-state index contributed by atoms with van der Waals surface area (Å²) in [7, 11) is 0. The zero-order valence-corrected chi connectivity index (χ0v) is 8.36. The summed E-state index contributed by atoms with van der Waals surface area (Å²) in [5, 5.41) is 15.2. The van der Waals surface area contributed by atoms with Gasteiger partial charge in [-0.2, -0.15) is 0 Å². The van der Waals surface area contributed by atoms with Crippen LogP contribution in [-0.2, 0) is 4.79 Å². The molecule has 3 N–H and O–H groups in total. The van der Waals surface area contributed by atoms with Crippen LogP contribution in [0.3, 0.4) is 0 Å². The molecule has 2 rings (SSSR count). The summed E-state index contributed by atoms with van der Waals surface area (Å²) in [6.07, 6.45) is 0.880. The largest absolute Gasteiger partial charge is 0.508 e. The molecule has 4 heteroatoms. The molecule has 1 heterocycles. The number of phenolic OH excluding ortho intramolecular Hbond substituents is 1. The number of hydrogen-bond donors (Lipinski definition) is 3. The van der Waals surface area contributed by atoms with Crippen LogP contribution in [0.1, 0.15) is 6.42 Å². The summed E-state index contributed by atoms with van der Waals surface area (Å²) >= 11 is 0. The summed E-state index contributed by atoms with van der Waals surface area (Å²) in [4.78, 5) is 11.7. The number of carbonyl (C=O) groups is 1. The number of nitrogens with one attached hydrogen (secondary N) is 2. The van der Waals surface area contributed by atoms with Gasteiger partial charge in [-0.15, -0.1) is 0 Å². The first-order chi connectivity index (χ1) is 7.25. The number of aromatic hydroxyl groups is 1. The van der Waals surface area contributed by atoms with E-state index in [1.165, 1.54) is 0 Å². The molecule has 80 valence electrons. The molecule has 0 spiro atoms. The summed E-state index contributed by atoms with van der Waals surface area (Å²) in [6, 6.07) is 6.59. The molecule has 0 aromatic heterocycles. The standard InChI is InChI=1S/C11H14N2O2/c14-10-3-1-2-9(6-10)13-11(15)8-4-5-12-7-8/h1-3,6,8,12,14H,4-5,7H2,(H,13,15)/t8-/m1/s1. The van der Waals surface area contributed by atoms with Gasteiger partial charge in [0.2, 0.25) is 5.91 Å². The molecule has 1 fully saturated rings. The van der Waals surface area contributed by atoms with Gasteiger partial charge in [0.05, 0.1) is 5.92 Å². The monoisotopic (exact) mass is 206 g/mol. The van der Waals surface area contributed by atoms with Crippen molar-refractivity contribution >= 4 is 11.6 Å². The molecule has 0 saturated carbocycles. The molecule has 0 aliphatic carbocycles. The van der Waals surface area contributed by atoms with E-state index in [1.807, 2.05) is 0 Å². The SMILES string of the molecule is O=C(Nc1cccc(O)c1)[C@@H]1CCNC1. The van der Waals surface area contributed by atoms with Crippen LogP contribution in [-0.4, -0.2) is 24.1 Å². The fraction of sp³-hybridized carbons (Fsp3) is 0.364. The Morgan fingerprint density at radius 1 is 1.53 bits per heavy atom. The van der Waals surface area contributed by atoms with Gasteiger partial charge in [-0.1, -0.05) is 6.07 Å². The Morgan fingerprint density at radius 3 is 3.07 bits per heavy atom. The first kappa shape index (κ1) is 9.98. The first-order valence-corrected chi connectivity index (χ1v) is 5.06. The maximum atomic E-state index is 11.7. The van der Waals surface area contributed by atoms with Gasteiger partial charge < -0.3 is 15.7 Å². The number of phenols is 1. The molecule has 0 bridgehead atoms. The van der Waals surface area contributed by atoms with Crippen molar-refractivity contribution in [2.45, 2.75) is 6.42 Å². The smallest absolute Gasteiger partial charge is 0.228 e. The lowest BCUT2D eigenvalue weighted by Crippen LogP contribution is -2.24. The van der Waals surface area contributed by atoms with Crippen LogP contribution >= 0.6 is 0 Å². The van der Waals surface area contributed by atoms with E-state index >= 15 is 0 Å². The third kappa shape index (κ3) is 2.47. The highest BCUT2D eigenvalue weighted by molar-refractivity contribution is 5.93. The molecule has 1 aromatic carbocycles. The van der Waals surface area contributed by atoms with Crippen LogP contribution in [0.5, 0.6) is 5.75 Å². The van der Waals surface area contributed by atoms with E-state index in [9.17, 15) is 9.90 Å². The maximum absolute atomic E-state index is 11.7. The van der Waals surface area contributed by atoms with Crippen molar-refractivity contribution < 1.29 is 9.90 Å². The topological polar surface area (TPSA) is 61.4 Å². The van der Waals surface area contributed by atoms with Crippen LogP contribution in [0, 0.1) is 5.92 Å². The number of carbonyl (C=O) groups excluding carboxylic acids is 1. The minimum atomic E-state index is 0.0191. The van der Waals surface area contributed by atoms with Gasteiger partial charge in [0.1, 0.15) is 5.75 Å². The van der Waals surface area contributed by atoms with Crippen molar-refractivity contribution in [3.8, 4) is 5.75 Å². The lowest BCUT2D eigenvalue weighted by molar-refractivity contribution is -0.119. The van der Waals surface area contributed by atoms with Gasteiger partial charge in [0, 0.05) is 18.3 Å². The van der Waals surface area contributed by atoms with E-state index in [0.717, 1.165) is 19.5 Å². The van der Waals surface area contributed by atoms with Crippen molar-refractivity contribution in [1.82, 2.24) is 5.32 Å². The molecule has 4 nitrogen and oxygen atoms in total. The Kier molecular flexibility index (Phi) is 2.87. The maximum Gasteiger partial charge on any atom is 0.228 e. The molecule has 1 aliphatic rings. The minimum Gasteiger partial charge on any atom is -0.508 e. The van der Waals surface area contributed by atoms with E-state index in [1.54, 1.807) is 24.3 Å². The van der Waals surface area contributed by atoms with E-state index in [0.29, 0.717) is 5.69 Å². The quantitative estimate of drug-likeness (QED) is 0.675. The average Bonchev–Trinajstić information content (AvgIpc) is 2.70. The van der Waals surface area contributed by atoms with Gasteiger partial charge in [-0.05, 0) is 25.1 Å². The van der Waals surface area contributed by atoms with Crippen LogP contribution in [0.25, 0.3) is 0 Å². The Labute approximate surface area is 88.3 Å². The number of hydrogen-bond acceptors (Lipinski definition) is 3. The van der Waals surface area contributed by atoms with Crippen molar-refractivity contribution in [2.75, 3.05) is 18.4 Å². The predicted octanol–water partition coefficient (Wildman–Crippen LogP) is 0.940. The molecule has 1 atom stereocenters. The normalized spacial score (nSPS) is 20.1. The molecule has 1 aliphatic heterocycles. The van der Waals surface area contributed by atoms with Gasteiger partial charge >= 0.3 is 0 Å². The third-order valence-electron chi connectivity index (χ3n) is 2.54. The Hall–Kier alpha value is -1.55. The van der Waals surface area contributed by atoms with Crippen molar-refractivity contribution in [2.24, 2.45) is 5.92 Å². The number of rotatable bonds is 2. The van der Waals surface area contributed by atoms with Crippen LogP contribution in [0.15, 0.2) is 24.3 Å². The van der Waals surface area contributed by atoms with Crippen molar-refractivity contribution in [1.29, 1.82) is 0 Å². The molecule has 1 saturated heterocycles. The van der Waals surface area contributed by atoms with Gasteiger partial charge in [-0.25, -0.2) is 0 Å². The lowest BCUT2D eigenvalue weighted by Gasteiger charge is -2.09. The van der Waals surface area contributed by atoms with Crippen molar-refractivity contribution in [3.63, 3.8) is 0 Å². The van der Waals surface area contributed by atoms with Gasteiger partial charge in [-0.3, -0.25) is 4.79 Å². The molecule has 0 radical (unpaired) electrons. The first-order valence-electron chi connectivity index (χ1n) is 5.06. The van der Waals surface area contributed by atoms with Gasteiger partial charge in [0.25, 0.3) is 0 Å². The van der Waals surface area contributed by atoms with Crippen LogP contribution in [0.2, 0.25) is 0 Å². The third-order valence-corrected chi connectivity index (χ3v) is 2.54. The van der Waals surface area contributed by atoms with E-state index in [-0.39, 0.29) is 17.6 Å². The zero-order chi connectivity index (χ0) is 10.7. The summed E-state index contributed by atoms with van der Waals surface area (Å²) in [5.74, 6) is 0.232. The zero-order valence-electron chi connectivity index (χ0n) is 8.36. The molecule has 1 aromatic rings. The molecular formula is C11H14N2O2. The number of benzene rings is 1. The van der Waals surface area contributed by atoms with E-state index < -0.39 is 0 Å². The highest BCUT2D eigenvalue weighted by Gasteiger charge is 2.22. The van der Waals surface area contributed by atoms with Crippen molar-refractivity contribution in [3.05, 3.63) is 24.3 Å². The second kappa shape index (κ2) is 4.31. The van der Waals surface area contributed by atoms with Crippen LogP contribution in [0.4, 0.5) is 5.69 Å². The molecule has 1 amide bonds. The van der Waals surface area contributed by atoms with E-state index in [2.05, 4.69) is 10.6 Å². The van der Waals surface area contributed by atoms with Gasteiger partial charge in [0.15, 0.2) is 0 Å². The molecule has 15 heavy (non-hydrogen) atoms.